The van der Waals surface area contributed by atoms with Crippen molar-refractivity contribution in [1.82, 2.24) is 20.1 Å². The van der Waals surface area contributed by atoms with Crippen LogP contribution in [0.25, 0.3) is 0 Å². The van der Waals surface area contributed by atoms with Crippen LogP contribution in [0.5, 0.6) is 0 Å². The zero-order valence-corrected chi connectivity index (χ0v) is 10.6. The highest BCUT2D eigenvalue weighted by Gasteiger charge is 2.30. The van der Waals surface area contributed by atoms with Crippen molar-refractivity contribution in [2.24, 2.45) is 0 Å². The Bertz CT molecular complexity index is 642. The number of hydrogen-bond donors (Lipinski definition) is 2. The highest BCUT2D eigenvalue weighted by molar-refractivity contribution is 5.93. The molecule has 0 bridgehead atoms. The number of nitrogens with one attached hydrogen (secondary N) is 2. The fraction of sp³-hybridized carbons (Fsp3) is 0.333. The SMILES string of the molecule is O=C(NCc1cn[nH]c1)c1cc([N+](=O)[O-])cn1C1CC1. The Morgan fingerprint density at radius 2 is 2.40 bits per heavy atom. The molecule has 20 heavy (non-hydrogen) atoms. The lowest BCUT2D eigenvalue weighted by Crippen LogP contribution is -2.25. The summed E-state index contributed by atoms with van der Waals surface area (Å²) in [5.41, 5.74) is 1.13. The van der Waals surface area contributed by atoms with Crippen molar-refractivity contribution in [3.63, 3.8) is 0 Å². The van der Waals surface area contributed by atoms with E-state index >= 15 is 0 Å². The third kappa shape index (κ3) is 2.40. The van der Waals surface area contributed by atoms with E-state index in [2.05, 4.69) is 15.5 Å². The summed E-state index contributed by atoms with van der Waals surface area (Å²) < 4.78 is 1.70. The Kier molecular flexibility index (Phi) is 2.97. The number of aromatic amines is 1. The number of nitrogens with zero attached hydrogens (tertiary/aromatic N) is 3. The molecule has 0 radical (unpaired) electrons. The van der Waals surface area contributed by atoms with E-state index in [-0.39, 0.29) is 17.6 Å². The van der Waals surface area contributed by atoms with Crippen LogP contribution in [-0.2, 0) is 6.54 Å². The zero-order valence-electron chi connectivity index (χ0n) is 10.6. The van der Waals surface area contributed by atoms with Gasteiger partial charge in [0, 0.05) is 30.4 Å². The van der Waals surface area contributed by atoms with Crippen LogP contribution in [0.1, 0.15) is 34.9 Å². The molecule has 1 aliphatic carbocycles. The first-order valence-corrected chi connectivity index (χ1v) is 6.27. The van der Waals surface area contributed by atoms with Crippen molar-refractivity contribution >= 4 is 11.6 Å². The van der Waals surface area contributed by atoms with Gasteiger partial charge in [0.1, 0.15) is 5.69 Å². The number of hydrogen-bond acceptors (Lipinski definition) is 4. The molecule has 0 atom stereocenters. The van der Waals surface area contributed by atoms with Crippen LogP contribution in [0, 0.1) is 10.1 Å². The molecule has 0 aromatic carbocycles. The summed E-state index contributed by atoms with van der Waals surface area (Å²) in [6.07, 6.45) is 6.64. The van der Waals surface area contributed by atoms with Crippen LogP contribution in [0.3, 0.4) is 0 Å². The topological polar surface area (TPSA) is 106 Å². The zero-order chi connectivity index (χ0) is 14.1. The lowest BCUT2D eigenvalue weighted by molar-refractivity contribution is -0.384. The fourth-order valence-corrected chi connectivity index (χ4v) is 2.05. The predicted molar refractivity (Wildman–Crippen MR) is 69.1 cm³/mol. The van der Waals surface area contributed by atoms with Crippen molar-refractivity contribution in [3.05, 3.63) is 46.0 Å². The van der Waals surface area contributed by atoms with Gasteiger partial charge in [0.2, 0.25) is 0 Å². The summed E-state index contributed by atoms with van der Waals surface area (Å²) in [5.74, 6) is -0.314. The number of H-pyrrole nitrogens is 1. The molecule has 2 aromatic rings. The molecule has 2 aromatic heterocycles. The van der Waals surface area contributed by atoms with Crippen molar-refractivity contribution in [2.75, 3.05) is 0 Å². The van der Waals surface area contributed by atoms with Crippen molar-refractivity contribution in [2.45, 2.75) is 25.4 Å². The second-order valence-corrected chi connectivity index (χ2v) is 4.77. The van der Waals surface area contributed by atoms with Gasteiger partial charge in [-0.25, -0.2) is 0 Å². The molecule has 0 unspecified atom stereocenters. The second kappa shape index (κ2) is 4.80. The molecular formula is C12H13N5O3. The van der Waals surface area contributed by atoms with Crippen molar-refractivity contribution in [1.29, 1.82) is 0 Å². The van der Waals surface area contributed by atoms with Crippen LogP contribution >= 0.6 is 0 Å². The molecule has 8 nitrogen and oxygen atoms in total. The highest BCUT2D eigenvalue weighted by Crippen LogP contribution is 2.37. The normalized spacial score (nSPS) is 14.2. The smallest absolute Gasteiger partial charge is 0.287 e. The van der Waals surface area contributed by atoms with Crippen molar-refractivity contribution < 1.29 is 9.72 Å². The molecule has 1 amide bonds. The highest BCUT2D eigenvalue weighted by atomic mass is 16.6. The molecule has 1 aliphatic rings. The van der Waals surface area contributed by atoms with Crippen LogP contribution < -0.4 is 5.32 Å². The fourth-order valence-electron chi connectivity index (χ4n) is 2.05. The first-order valence-electron chi connectivity index (χ1n) is 6.27. The van der Waals surface area contributed by atoms with Crippen molar-refractivity contribution in [3.8, 4) is 0 Å². The summed E-state index contributed by atoms with van der Waals surface area (Å²) in [4.78, 5) is 22.5. The van der Waals surface area contributed by atoms with Gasteiger partial charge < -0.3 is 9.88 Å². The minimum Gasteiger partial charge on any atom is -0.347 e. The standard InChI is InChI=1S/C12H13N5O3/c18-12(13-4-8-5-14-15-6-8)11-3-10(17(19)20)7-16(11)9-1-2-9/h3,5-7,9H,1-2,4H2,(H,13,18)(H,14,15). The van der Waals surface area contributed by atoms with E-state index in [9.17, 15) is 14.9 Å². The van der Waals surface area contributed by atoms with E-state index in [0.29, 0.717) is 12.2 Å². The third-order valence-corrected chi connectivity index (χ3v) is 3.23. The molecule has 0 spiro atoms. The van der Waals surface area contributed by atoms with Gasteiger partial charge in [-0.15, -0.1) is 0 Å². The summed E-state index contributed by atoms with van der Waals surface area (Å²) in [6, 6.07) is 1.53. The summed E-state index contributed by atoms with van der Waals surface area (Å²) in [7, 11) is 0. The third-order valence-electron chi connectivity index (χ3n) is 3.23. The van der Waals surface area contributed by atoms with Gasteiger partial charge in [0.05, 0.1) is 17.3 Å². The molecule has 8 heteroatoms. The van der Waals surface area contributed by atoms with Crippen LogP contribution in [0.2, 0.25) is 0 Å². The molecule has 2 N–H and O–H groups in total. The van der Waals surface area contributed by atoms with Gasteiger partial charge in [-0.3, -0.25) is 20.0 Å². The lowest BCUT2D eigenvalue weighted by Gasteiger charge is -2.07. The Morgan fingerprint density at radius 1 is 1.60 bits per heavy atom. The number of aromatic nitrogens is 3. The Labute approximate surface area is 113 Å². The average Bonchev–Trinajstić information content (AvgIpc) is 2.97. The van der Waals surface area contributed by atoms with E-state index in [0.717, 1.165) is 18.4 Å². The molecule has 2 heterocycles. The lowest BCUT2D eigenvalue weighted by atomic mass is 10.3. The Morgan fingerprint density at radius 3 is 3.00 bits per heavy atom. The number of rotatable bonds is 5. The largest absolute Gasteiger partial charge is 0.347 e. The van der Waals surface area contributed by atoms with E-state index in [1.54, 1.807) is 17.0 Å². The Balaban J connectivity index is 1.77. The number of carbonyl (C=O) groups excluding carboxylic acids is 1. The summed E-state index contributed by atoms with van der Waals surface area (Å²) >= 11 is 0. The second-order valence-electron chi connectivity index (χ2n) is 4.77. The summed E-state index contributed by atoms with van der Waals surface area (Å²) in [6.45, 7) is 0.332. The number of amides is 1. The first kappa shape index (κ1) is 12.4. The van der Waals surface area contributed by atoms with Gasteiger partial charge in [0.25, 0.3) is 11.6 Å². The van der Waals surface area contributed by atoms with Gasteiger partial charge >= 0.3 is 0 Å². The maximum absolute atomic E-state index is 12.1. The van der Waals surface area contributed by atoms with Crippen LogP contribution in [0.15, 0.2) is 24.7 Å². The molecule has 1 fully saturated rings. The Hall–Kier alpha value is -2.64. The van der Waals surface area contributed by atoms with Gasteiger partial charge in [0.15, 0.2) is 0 Å². The quantitative estimate of drug-likeness (QED) is 0.635. The maximum Gasteiger partial charge on any atom is 0.287 e. The van der Waals surface area contributed by atoms with E-state index < -0.39 is 4.92 Å². The van der Waals surface area contributed by atoms with Crippen LogP contribution in [-0.4, -0.2) is 25.6 Å². The van der Waals surface area contributed by atoms with Gasteiger partial charge in [-0.2, -0.15) is 5.10 Å². The van der Waals surface area contributed by atoms with Crippen LogP contribution in [0.4, 0.5) is 5.69 Å². The predicted octanol–water partition coefficient (Wildman–Crippen LogP) is 1.38. The minimum absolute atomic E-state index is 0.0506. The van der Waals surface area contributed by atoms with E-state index in [4.69, 9.17) is 0 Å². The van der Waals surface area contributed by atoms with Gasteiger partial charge in [-0.05, 0) is 12.8 Å². The monoisotopic (exact) mass is 275 g/mol. The molecule has 1 saturated carbocycles. The number of nitro groups is 1. The summed E-state index contributed by atoms with van der Waals surface area (Å²) in [5, 5.41) is 20.0. The molecule has 3 rings (SSSR count). The number of carbonyl (C=O) groups is 1. The molecule has 0 saturated heterocycles. The molecular weight excluding hydrogens is 262 g/mol. The van der Waals surface area contributed by atoms with Gasteiger partial charge in [-0.1, -0.05) is 0 Å². The molecule has 104 valence electrons. The van der Waals surface area contributed by atoms with E-state index in [1.807, 2.05) is 0 Å². The van der Waals surface area contributed by atoms with E-state index in [1.165, 1.54) is 12.3 Å². The first-order chi connectivity index (χ1) is 9.65. The minimum atomic E-state index is -0.480. The molecule has 0 aliphatic heterocycles. The maximum atomic E-state index is 12.1. The average molecular weight is 275 g/mol.